The summed E-state index contributed by atoms with van der Waals surface area (Å²) in [5.74, 6) is 0. The van der Waals surface area contributed by atoms with Gasteiger partial charge in [-0.3, -0.25) is 0 Å². The maximum absolute atomic E-state index is 5.24. The van der Waals surface area contributed by atoms with E-state index in [2.05, 4.69) is 104 Å². The van der Waals surface area contributed by atoms with E-state index in [1.54, 1.807) is 0 Å². The van der Waals surface area contributed by atoms with E-state index in [0.29, 0.717) is 0 Å². The van der Waals surface area contributed by atoms with Crippen LogP contribution in [0, 0.1) is 0 Å². The molecule has 0 bridgehead atoms. The third kappa shape index (κ3) is 5.66. The number of hydrogen-bond acceptors (Lipinski definition) is 1. The molecule has 0 atom stereocenters. The predicted molar refractivity (Wildman–Crippen MR) is 127 cm³/mol. The quantitative estimate of drug-likeness (QED) is 0.294. The molecule has 0 saturated carbocycles. The minimum atomic E-state index is 0. The summed E-state index contributed by atoms with van der Waals surface area (Å²) in [7, 11) is 0. The molecule has 0 N–H and O–H groups in total. The van der Waals surface area contributed by atoms with Crippen molar-refractivity contribution in [3.63, 3.8) is 0 Å². The first kappa shape index (κ1) is 28.2. The Bertz CT molecular complexity index is 653. The molecule has 0 heterocycles. The third-order valence-corrected chi connectivity index (χ3v) is 5.67. The Morgan fingerprint density at radius 3 is 0.643 bits per heavy atom. The topological polar surface area (TPSA) is 0 Å². The summed E-state index contributed by atoms with van der Waals surface area (Å²) in [4.78, 5) is 1.21. The molecule has 1 aromatic carbocycles. The van der Waals surface area contributed by atoms with Crippen LogP contribution in [-0.4, -0.2) is 0 Å². The molecule has 1 aromatic rings. The normalized spacial score (nSPS) is 14.1. The molecule has 0 aliphatic carbocycles. The van der Waals surface area contributed by atoms with E-state index in [1.807, 2.05) is 0 Å². The number of hydrogen-bond donors (Lipinski definition) is 1. The van der Waals surface area contributed by atoms with Crippen molar-refractivity contribution >= 4 is 12.6 Å². The summed E-state index contributed by atoms with van der Waals surface area (Å²) in [6.07, 6.45) is 0. The first-order valence-electron chi connectivity index (χ1n) is 10.5. The molecule has 2 heteroatoms. The zero-order valence-corrected chi connectivity index (χ0v) is 25.5. The molecule has 0 aliphatic rings. The van der Waals surface area contributed by atoms with Gasteiger partial charge in [0.1, 0.15) is 0 Å². The third-order valence-electron chi connectivity index (χ3n) is 5.22. The van der Waals surface area contributed by atoms with Gasteiger partial charge in [0.05, 0.1) is 0 Å². The van der Waals surface area contributed by atoms with Gasteiger partial charge in [-0.15, -0.1) is 12.6 Å². The maximum atomic E-state index is 5.24. The second-order valence-corrected chi connectivity index (χ2v) is 13.9. The van der Waals surface area contributed by atoms with E-state index in [0.717, 1.165) is 0 Å². The molecule has 0 amide bonds. The Kier molecular flexibility index (Phi) is 8.09. The van der Waals surface area contributed by atoms with Crippen LogP contribution in [0.3, 0.4) is 0 Å². The fourth-order valence-corrected chi connectivity index (χ4v) is 5.34. The maximum Gasteiger partial charge on any atom is 2.00 e. The van der Waals surface area contributed by atoms with Crippen LogP contribution in [0.15, 0.2) is 4.90 Å². The van der Waals surface area contributed by atoms with Crippen molar-refractivity contribution in [2.75, 3.05) is 0 Å². The van der Waals surface area contributed by atoms with Crippen molar-refractivity contribution in [2.45, 2.75) is 136 Å². The molecule has 0 fully saturated rings. The van der Waals surface area contributed by atoms with Crippen LogP contribution in [0.25, 0.3) is 0 Å². The van der Waals surface area contributed by atoms with Crippen molar-refractivity contribution in [1.82, 2.24) is 0 Å². The Labute approximate surface area is 195 Å². The monoisotopic (exact) mass is 454 g/mol. The van der Waals surface area contributed by atoms with Gasteiger partial charge in [-0.2, -0.15) is 0 Å². The Hall–Kier alpha value is 0.193. The summed E-state index contributed by atoms with van der Waals surface area (Å²) < 4.78 is 0. The van der Waals surface area contributed by atoms with Gasteiger partial charge in [-0.1, -0.05) is 104 Å². The number of rotatable bonds is 0. The zero-order valence-electron chi connectivity index (χ0n) is 21.7. The van der Waals surface area contributed by atoms with Crippen LogP contribution >= 0.6 is 12.6 Å². The SMILES string of the molecule is CC(C)(C)c1c(S)c(C(C)(C)C)c(C(C)(C)C)c(C(C)(C)C)c1C(C)(C)C.[Zn+2]. The second-order valence-electron chi connectivity index (χ2n) is 13.5. The zero-order chi connectivity index (χ0) is 22.0. The second kappa shape index (κ2) is 8.03. The molecule has 28 heavy (non-hydrogen) atoms. The smallest absolute Gasteiger partial charge is 0.143 e. The van der Waals surface area contributed by atoms with Gasteiger partial charge >= 0.3 is 19.5 Å². The average molecular weight is 456 g/mol. The van der Waals surface area contributed by atoms with Gasteiger partial charge in [0.15, 0.2) is 0 Å². The van der Waals surface area contributed by atoms with Gasteiger partial charge in [-0.25, -0.2) is 0 Å². The van der Waals surface area contributed by atoms with Crippen molar-refractivity contribution in [3.05, 3.63) is 27.8 Å². The summed E-state index contributed by atoms with van der Waals surface area (Å²) in [6, 6.07) is 0. The summed E-state index contributed by atoms with van der Waals surface area (Å²) >= 11 is 5.24. The van der Waals surface area contributed by atoms with Gasteiger partial charge in [0.25, 0.3) is 0 Å². The fraction of sp³-hybridized carbons (Fsp3) is 0.769. The molecule has 0 aromatic heterocycles. The van der Waals surface area contributed by atoms with Crippen LogP contribution in [0.5, 0.6) is 0 Å². The molecule has 0 spiro atoms. The minimum Gasteiger partial charge on any atom is -0.143 e. The van der Waals surface area contributed by atoms with E-state index in [-0.39, 0.29) is 46.6 Å². The Morgan fingerprint density at radius 2 is 0.500 bits per heavy atom. The van der Waals surface area contributed by atoms with Gasteiger partial charge in [0.2, 0.25) is 0 Å². The molecule has 0 nitrogen and oxygen atoms in total. The van der Waals surface area contributed by atoms with E-state index in [9.17, 15) is 0 Å². The molecule has 156 valence electrons. The van der Waals surface area contributed by atoms with Crippen molar-refractivity contribution in [2.24, 2.45) is 0 Å². The molecular weight excluding hydrogens is 410 g/mol. The van der Waals surface area contributed by atoms with E-state index >= 15 is 0 Å². The molecule has 0 aliphatic heterocycles. The predicted octanol–water partition coefficient (Wildman–Crippen LogP) is 8.46. The molecule has 0 unspecified atom stereocenters. The van der Waals surface area contributed by atoms with Crippen LogP contribution in [-0.2, 0) is 46.6 Å². The van der Waals surface area contributed by atoms with E-state index < -0.39 is 0 Å². The fourth-order valence-electron chi connectivity index (χ4n) is 4.45. The molecular formula is C26H46SZn+2. The van der Waals surface area contributed by atoms with Crippen molar-refractivity contribution in [3.8, 4) is 0 Å². The van der Waals surface area contributed by atoms with Crippen molar-refractivity contribution < 1.29 is 19.5 Å². The van der Waals surface area contributed by atoms with Crippen LogP contribution in [0.1, 0.15) is 132 Å². The average Bonchev–Trinajstić information content (AvgIpc) is 2.29. The Balaban J connectivity index is 0.00000729. The van der Waals surface area contributed by atoms with Crippen LogP contribution in [0.2, 0.25) is 0 Å². The molecule has 1 rings (SSSR count). The van der Waals surface area contributed by atoms with E-state index in [1.165, 1.54) is 32.7 Å². The number of benzene rings is 1. The summed E-state index contributed by atoms with van der Waals surface area (Å²) in [5, 5.41) is 0. The largest absolute Gasteiger partial charge is 2.00 e. The summed E-state index contributed by atoms with van der Waals surface area (Å²) in [5.41, 5.74) is 7.66. The number of thiol groups is 1. The van der Waals surface area contributed by atoms with Crippen LogP contribution < -0.4 is 0 Å². The van der Waals surface area contributed by atoms with Gasteiger partial charge < -0.3 is 0 Å². The Morgan fingerprint density at radius 1 is 0.357 bits per heavy atom. The minimum absolute atomic E-state index is 0. The van der Waals surface area contributed by atoms with E-state index in [4.69, 9.17) is 12.6 Å². The molecule has 0 saturated heterocycles. The first-order chi connectivity index (χ1) is 11.5. The van der Waals surface area contributed by atoms with Gasteiger partial charge in [-0.05, 0) is 54.9 Å². The summed E-state index contributed by atoms with van der Waals surface area (Å²) in [6.45, 7) is 35.4. The standard InChI is InChI=1S/C26H46S.Zn/c1-22(2,3)16-17(23(4,5)6)19(25(10,11)12)21(27)20(26(13,14)15)18(16)24(7,8)9;/h27H,1-15H3;/q;+2. The first-order valence-corrected chi connectivity index (χ1v) is 10.9. The van der Waals surface area contributed by atoms with Crippen LogP contribution in [0.4, 0.5) is 0 Å². The van der Waals surface area contributed by atoms with Gasteiger partial charge in [0, 0.05) is 4.90 Å². The molecule has 0 radical (unpaired) electrons. The van der Waals surface area contributed by atoms with Crippen molar-refractivity contribution in [1.29, 1.82) is 0 Å².